The number of nitrogens with one attached hydrogen (secondary N) is 1. The molecule has 3 heteroatoms. The van der Waals surface area contributed by atoms with Gasteiger partial charge in [-0.1, -0.05) is 45.9 Å². The van der Waals surface area contributed by atoms with Crippen molar-refractivity contribution in [3.8, 4) is 5.69 Å². The summed E-state index contributed by atoms with van der Waals surface area (Å²) in [4.78, 5) is 0. The van der Waals surface area contributed by atoms with E-state index in [1.54, 1.807) is 0 Å². The Kier molecular flexibility index (Phi) is 5.57. The summed E-state index contributed by atoms with van der Waals surface area (Å²) in [6.07, 6.45) is 5.30. The van der Waals surface area contributed by atoms with Gasteiger partial charge in [0.15, 0.2) is 0 Å². The first-order valence-electron chi connectivity index (χ1n) is 7.96. The lowest BCUT2D eigenvalue weighted by Gasteiger charge is -2.27. The molecule has 0 aliphatic rings. The second kappa shape index (κ2) is 7.41. The summed E-state index contributed by atoms with van der Waals surface area (Å²) in [5.41, 5.74) is 2.38. The van der Waals surface area contributed by atoms with Gasteiger partial charge in [0.1, 0.15) is 0 Å². The van der Waals surface area contributed by atoms with Gasteiger partial charge >= 0.3 is 0 Å². The molecule has 0 radical (unpaired) electrons. The molecule has 0 saturated carbocycles. The molecule has 2 aromatic rings. The van der Waals surface area contributed by atoms with Crippen LogP contribution in [-0.4, -0.2) is 16.3 Å². The van der Waals surface area contributed by atoms with Crippen molar-refractivity contribution in [1.82, 2.24) is 15.1 Å². The molecule has 0 bridgehead atoms. The van der Waals surface area contributed by atoms with Crippen LogP contribution in [0, 0.1) is 11.8 Å². The van der Waals surface area contributed by atoms with E-state index >= 15 is 0 Å². The number of para-hydroxylation sites is 1. The first-order valence-corrected chi connectivity index (χ1v) is 7.96. The van der Waals surface area contributed by atoms with E-state index in [2.05, 4.69) is 56.4 Å². The van der Waals surface area contributed by atoms with Crippen molar-refractivity contribution in [3.05, 3.63) is 48.3 Å². The third-order valence-corrected chi connectivity index (χ3v) is 4.17. The van der Waals surface area contributed by atoms with Gasteiger partial charge < -0.3 is 5.32 Å². The molecule has 21 heavy (non-hydrogen) atoms. The maximum absolute atomic E-state index is 4.53. The number of nitrogens with zero attached hydrogens (tertiary/aromatic N) is 2. The summed E-state index contributed by atoms with van der Waals surface area (Å²) < 4.78 is 1.96. The number of hydrogen-bond donors (Lipinski definition) is 1. The van der Waals surface area contributed by atoms with Gasteiger partial charge in [-0.3, -0.25) is 0 Å². The molecule has 2 unspecified atom stereocenters. The van der Waals surface area contributed by atoms with Crippen LogP contribution in [0.2, 0.25) is 0 Å². The number of hydrogen-bond acceptors (Lipinski definition) is 2. The molecule has 2 rings (SSSR count). The van der Waals surface area contributed by atoms with Crippen molar-refractivity contribution >= 4 is 0 Å². The predicted molar refractivity (Wildman–Crippen MR) is 88.6 cm³/mol. The molecule has 0 fully saturated rings. The Morgan fingerprint density at radius 3 is 2.48 bits per heavy atom. The summed E-state index contributed by atoms with van der Waals surface area (Å²) in [6, 6.07) is 10.6. The van der Waals surface area contributed by atoms with E-state index in [0.717, 1.165) is 18.7 Å². The van der Waals surface area contributed by atoms with Crippen LogP contribution < -0.4 is 5.32 Å². The van der Waals surface area contributed by atoms with Gasteiger partial charge in [0, 0.05) is 17.8 Å². The van der Waals surface area contributed by atoms with E-state index in [1.807, 2.05) is 29.1 Å². The van der Waals surface area contributed by atoms with Crippen LogP contribution in [0.1, 0.15) is 45.7 Å². The number of aromatic nitrogens is 2. The molecule has 1 aromatic heterocycles. The van der Waals surface area contributed by atoms with Crippen LogP contribution in [-0.2, 0) is 0 Å². The standard InChI is InChI=1S/C18H27N3/c1-5-11-19-18(15(4)14(2)3)16-12-20-21(13-16)17-9-7-6-8-10-17/h6-10,12-15,18-19H,5,11H2,1-4H3. The van der Waals surface area contributed by atoms with E-state index in [0.29, 0.717) is 17.9 Å². The van der Waals surface area contributed by atoms with Crippen LogP contribution in [0.15, 0.2) is 42.7 Å². The Hall–Kier alpha value is -1.61. The molecular formula is C18H27N3. The third kappa shape index (κ3) is 3.94. The Labute approximate surface area is 128 Å². The van der Waals surface area contributed by atoms with E-state index in [9.17, 15) is 0 Å². The van der Waals surface area contributed by atoms with E-state index in [-0.39, 0.29) is 0 Å². The summed E-state index contributed by atoms with van der Waals surface area (Å²) in [6.45, 7) is 10.1. The monoisotopic (exact) mass is 285 g/mol. The highest BCUT2D eigenvalue weighted by molar-refractivity contribution is 5.31. The fourth-order valence-corrected chi connectivity index (χ4v) is 2.51. The minimum atomic E-state index is 0.363. The van der Waals surface area contributed by atoms with Gasteiger partial charge in [0.05, 0.1) is 11.9 Å². The molecule has 0 aliphatic heterocycles. The van der Waals surface area contributed by atoms with Gasteiger partial charge in [-0.25, -0.2) is 4.68 Å². The minimum Gasteiger partial charge on any atom is -0.310 e. The maximum Gasteiger partial charge on any atom is 0.0645 e. The molecule has 2 atom stereocenters. The molecule has 1 N–H and O–H groups in total. The zero-order valence-corrected chi connectivity index (χ0v) is 13.6. The average Bonchev–Trinajstić information content (AvgIpc) is 2.98. The lowest BCUT2D eigenvalue weighted by molar-refractivity contribution is 0.304. The molecule has 3 nitrogen and oxygen atoms in total. The highest BCUT2D eigenvalue weighted by atomic mass is 15.3. The molecule has 0 aliphatic carbocycles. The fraction of sp³-hybridized carbons (Fsp3) is 0.500. The van der Waals surface area contributed by atoms with Crippen molar-refractivity contribution < 1.29 is 0 Å². The maximum atomic E-state index is 4.53. The fourth-order valence-electron chi connectivity index (χ4n) is 2.51. The Morgan fingerprint density at radius 2 is 1.86 bits per heavy atom. The molecule has 114 valence electrons. The summed E-state index contributed by atoms with van der Waals surface area (Å²) in [7, 11) is 0. The minimum absolute atomic E-state index is 0.363. The van der Waals surface area contributed by atoms with Gasteiger partial charge in [0.25, 0.3) is 0 Å². The Balaban J connectivity index is 2.22. The van der Waals surface area contributed by atoms with Crippen LogP contribution in [0.25, 0.3) is 5.69 Å². The normalized spacial score (nSPS) is 14.3. The van der Waals surface area contributed by atoms with Crippen molar-refractivity contribution in [2.24, 2.45) is 11.8 Å². The smallest absolute Gasteiger partial charge is 0.0645 e. The summed E-state index contributed by atoms with van der Waals surface area (Å²) in [5, 5.41) is 8.21. The Bertz CT molecular complexity index is 530. The second-order valence-corrected chi connectivity index (χ2v) is 6.09. The Morgan fingerprint density at radius 1 is 1.14 bits per heavy atom. The predicted octanol–water partition coefficient (Wildman–Crippen LogP) is 4.21. The van der Waals surface area contributed by atoms with Crippen molar-refractivity contribution in [1.29, 1.82) is 0 Å². The first kappa shape index (κ1) is 15.8. The van der Waals surface area contributed by atoms with E-state index in [1.165, 1.54) is 5.56 Å². The quantitative estimate of drug-likeness (QED) is 0.826. The highest BCUT2D eigenvalue weighted by Gasteiger charge is 2.22. The van der Waals surface area contributed by atoms with Crippen molar-refractivity contribution in [3.63, 3.8) is 0 Å². The molecule has 1 aromatic carbocycles. The third-order valence-electron chi connectivity index (χ3n) is 4.17. The average molecular weight is 285 g/mol. The van der Waals surface area contributed by atoms with Gasteiger partial charge in [-0.15, -0.1) is 0 Å². The van der Waals surface area contributed by atoms with Gasteiger partial charge in [-0.2, -0.15) is 5.10 Å². The van der Waals surface area contributed by atoms with Crippen molar-refractivity contribution in [2.45, 2.75) is 40.2 Å². The molecule has 0 amide bonds. The van der Waals surface area contributed by atoms with E-state index < -0.39 is 0 Å². The molecule has 1 heterocycles. The lowest BCUT2D eigenvalue weighted by Crippen LogP contribution is -2.30. The largest absolute Gasteiger partial charge is 0.310 e. The van der Waals surface area contributed by atoms with Crippen LogP contribution in [0.3, 0.4) is 0 Å². The van der Waals surface area contributed by atoms with Crippen LogP contribution >= 0.6 is 0 Å². The zero-order chi connectivity index (χ0) is 15.2. The van der Waals surface area contributed by atoms with Gasteiger partial charge in [0.2, 0.25) is 0 Å². The van der Waals surface area contributed by atoms with Crippen LogP contribution in [0.4, 0.5) is 0 Å². The topological polar surface area (TPSA) is 29.9 Å². The molecular weight excluding hydrogens is 258 g/mol. The summed E-state index contributed by atoms with van der Waals surface area (Å²) >= 11 is 0. The zero-order valence-electron chi connectivity index (χ0n) is 13.6. The second-order valence-electron chi connectivity index (χ2n) is 6.09. The van der Waals surface area contributed by atoms with Gasteiger partial charge in [-0.05, 0) is 36.9 Å². The SMILES string of the molecule is CCCNC(c1cnn(-c2ccccc2)c1)C(C)C(C)C. The number of benzene rings is 1. The highest BCUT2D eigenvalue weighted by Crippen LogP contribution is 2.28. The number of rotatable bonds is 7. The lowest BCUT2D eigenvalue weighted by atomic mass is 9.87. The first-order chi connectivity index (χ1) is 10.1. The van der Waals surface area contributed by atoms with Crippen molar-refractivity contribution in [2.75, 3.05) is 6.54 Å². The molecule has 0 saturated heterocycles. The van der Waals surface area contributed by atoms with Crippen LogP contribution in [0.5, 0.6) is 0 Å². The van der Waals surface area contributed by atoms with E-state index in [4.69, 9.17) is 0 Å². The summed E-state index contributed by atoms with van der Waals surface area (Å²) in [5.74, 6) is 1.21. The molecule has 0 spiro atoms.